The minimum atomic E-state index is -0.0973. The maximum Gasteiger partial charge on any atom is 0.252 e. The van der Waals surface area contributed by atoms with E-state index >= 15 is 0 Å². The van der Waals surface area contributed by atoms with Gasteiger partial charge in [-0.15, -0.1) is 0 Å². The molecule has 0 heterocycles. The summed E-state index contributed by atoms with van der Waals surface area (Å²) < 4.78 is 5.32. The molecular weight excluding hydrogens is 230 g/mol. The predicted molar refractivity (Wildman–Crippen MR) is 72.0 cm³/mol. The van der Waals surface area contributed by atoms with Crippen molar-refractivity contribution in [1.29, 1.82) is 0 Å². The number of phenolic OH excluding ortho intramolecular Hbond substituents is 1. The maximum absolute atomic E-state index is 12.1. The second kappa shape index (κ2) is 6.40. The fourth-order valence-electron chi connectivity index (χ4n) is 1.69. The third kappa shape index (κ3) is 3.74. The fraction of sp³-hybridized carbons (Fsp3) is 0.500. The van der Waals surface area contributed by atoms with Crippen molar-refractivity contribution in [2.45, 2.75) is 33.8 Å². The molecule has 0 atom stereocenters. The second-order valence-corrected chi connectivity index (χ2v) is 4.47. The van der Waals surface area contributed by atoms with Gasteiger partial charge in [0.1, 0.15) is 12.4 Å². The van der Waals surface area contributed by atoms with Crippen LogP contribution in [0.25, 0.3) is 0 Å². The summed E-state index contributed by atoms with van der Waals surface area (Å²) in [7, 11) is 0. The summed E-state index contributed by atoms with van der Waals surface area (Å²) in [4.78, 5) is 13.7. The average Bonchev–Trinajstić information content (AvgIpc) is 2.32. The van der Waals surface area contributed by atoms with Gasteiger partial charge in [-0.05, 0) is 39.3 Å². The Labute approximate surface area is 108 Å². The summed E-state index contributed by atoms with van der Waals surface area (Å²) in [6, 6.07) is 5.01. The molecule has 0 saturated heterocycles. The highest BCUT2D eigenvalue weighted by Gasteiger charge is 2.16. The SMILES string of the molecule is CCN(C(=O)COC(C)C)c1cc(O)ccc1C. The van der Waals surface area contributed by atoms with Crippen LogP contribution in [0.4, 0.5) is 5.69 Å². The van der Waals surface area contributed by atoms with E-state index in [1.54, 1.807) is 23.1 Å². The van der Waals surface area contributed by atoms with Gasteiger partial charge in [-0.25, -0.2) is 0 Å². The van der Waals surface area contributed by atoms with Crippen LogP contribution in [-0.2, 0) is 9.53 Å². The molecule has 0 saturated carbocycles. The maximum atomic E-state index is 12.1. The van der Waals surface area contributed by atoms with Gasteiger partial charge in [-0.2, -0.15) is 0 Å². The van der Waals surface area contributed by atoms with Gasteiger partial charge in [0.2, 0.25) is 0 Å². The molecule has 0 spiro atoms. The number of rotatable bonds is 5. The first-order valence-electron chi connectivity index (χ1n) is 6.17. The van der Waals surface area contributed by atoms with Gasteiger partial charge in [0.05, 0.1) is 11.8 Å². The Kier molecular flexibility index (Phi) is 5.16. The van der Waals surface area contributed by atoms with Gasteiger partial charge in [-0.3, -0.25) is 4.79 Å². The number of aromatic hydroxyl groups is 1. The third-order valence-corrected chi connectivity index (χ3v) is 2.64. The Balaban J connectivity index is 2.88. The monoisotopic (exact) mass is 251 g/mol. The van der Waals surface area contributed by atoms with Crippen LogP contribution in [0.2, 0.25) is 0 Å². The highest BCUT2D eigenvalue weighted by molar-refractivity contribution is 5.95. The molecule has 18 heavy (non-hydrogen) atoms. The summed E-state index contributed by atoms with van der Waals surface area (Å²) in [5.41, 5.74) is 1.68. The standard InChI is InChI=1S/C14H21NO3/c1-5-15(14(17)9-18-10(2)3)13-8-12(16)7-6-11(13)4/h6-8,10,16H,5,9H2,1-4H3. The predicted octanol–water partition coefficient (Wildman–Crippen LogP) is 2.48. The summed E-state index contributed by atoms with van der Waals surface area (Å²) in [6.07, 6.45) is 0.0259. The number of nitrogens with zero attached hydrogens (tertiary/aromatic N) is 1. The van der Waals surface area contributed by atoms with Crippen molar-refractivity contribution < 1.29 is 14.6 Å². The van der Waals surface area contributed by atoms with Crippen molar-refractivity contribution >= 4 is 11.6 Å². The number of ether oxygens (including phenoxy) is 1. The van der Waals surface area contributed by atoms with Gasteiger partial charge in [0.15, 0.2) is 0 Å². The van der Waals surface area contributed by atoms with Crippen molar-refractivity contribution in [3.05, 3.63) is 23.8 Å². The van der Waals surface area contributed by atoms with Crippen molar-refractivity contribution in [2.75, 3.05) is 18.1 Å². The van der Waals surface area contributed by atoms with Crippen molar-refractivity contribution in [3.63, 3.8) is 0 Å². The van der Waals surface area contributed by atoms with E-state index in [4.69, 9.17) is 4.74 Å². The Morgan fingerprint density at radius 2 is 2.11 bits per heavy atom. The normalized spacial score (nSPS) is 10.7. The highest BCUT2D eigenvalue weighted by atomic mass is 16.5. The van der Waals surface area contributed by atoms with Crippen LogP contribution in [0.5, 0.6) is 5.75 Å². The smallest absolute Gasteiger partial charge is 0.252 e. The molecule has 4 heteroatoms. The number of aryl methyl sites for hydroxylation is 1. The topological polar surface area (TPSA) is 49.8 Å². The lowest BCUT2D eigenvalue weighted by Gasteiger charge is -2.23. The van der Waals surface area contributed by atoms with E-state index in [0.29, 0.717) is 6.54 Å². The summed E-state index contributed by atoms with van der Waals surface area (Å²) in [5.74, 6) is 0.0616. The van der Waals surface area contributed by atoms with E-state index in [0.717, 1.165) is 11.3 Å². The van der Waals surface area contributed by atoms with Crippen molar-refractivity contribution in [3.8, 4) is 5.75 Å². The third-order valence-electron chi connectivity index (χ3n) is 2.64. The molecule has 1 aromatic rings. The van der Waals surface area contributed by atoms with E-state index in [-0.39, 0.29) is 24.4 Å². The van der Waals surface area contributed by atoms with E-state index in [2.05, 4.69) is 0 Å². The molecule has 0 aliphatic carbocycles. The van der Waals surface area contributed by atoms with Crippen LogP contribution in [0, 0.1) is 6.92 Å². The van der Waals surface area contributed by atoms with Crippen molar-refractivity contribution in [1.82, 2.24) is 0 Å². The quantitative estimate of drug-likeness (QED) is 0.874. The number of carbonyl (C=O) groups is 1. The number of hydrogen-bond donors (Lipinski definition) is 1. The van der Waals surface area contributed by atoms with Crippen molar-refractivity contribution in [2.24, 2.45) is 0 Å². The molecule has 0 bridgehead atoms. The molecule has 1 amide bonds. The summed E-state index contributed by atoms with van der Waals surface area (Å²) in [6.45, 7) is 8.20. The molecule has 0 aliphatic heterocycles. The lowest BCUT2D eigenvalue weighted by atomic mass is 10.1. The van der Waals surface area contributed by atoms with Gasteiger partial charge in [-0.1, -0.05) is 6.07 Å². The van der Waals surface area contributed by atoms with Crippen LogP contribution in [0.15, 0.2) is 18.2 Å². The lowest BCUT2D eigenvalue weighted by Crippen LogP contribution is -2.35. The van der Waals surface area contributed by atoms with Gasteiger partial charge < -0.3 is 14.7 Å². The molecule has 0 radical (unpaired) electrons. The molecule has 4 nitrogen and oxygen atoms in total. The Morgan fingerprint density at radius 1 is 1.44 bits per heavy atom. The first kappa shape index (κ1) is 14.5. The number of amides is 1. The minimum absolute atomic E-state index is 0.0259. The zero-order chi connectivity index (χ0) is 13.7. The first-order valence-corrected chi connectivity index (χ1v) is 6.17. The van der Waals surface area contributed by atoms with Gasteiger partial charge >= 0.3 is 0 Å². The first-order chi connectivity index (χ1) is 8.45. The van der Waals surface area contributed by atoms with Crippen LogP contribution < -0.4 is 4.90 Å². The number of anilines is 1. The molecule has 1 N–H and O–H groups in total. The van der Waals surface area contributed by atoms with Crippen LogP contribution in [0.1, 0.15) is 26.3 Å². The van der Waals surface area contributed by atoms with E-state index in [9.17, 15) is 9.90 Å². The largest absolute Gasteiger partial charge is 0.508 e. The number of hydrogen-bond acceptors (Lipinski definition) is 3. The lowest BCUT2D eigenvalue weighted by molar-refractivity contribution is -0.124. The number of likely N-dealkylation sites (N-methyl/N-ethyl adjacent to an activating group) is 1. The molecule has 1 rings (SSSR count). The number of carbonyl (C=O) groups excluding carboxylic acids is 1. The fourth-order valence-corrected chi connectivity index (χ4v) is 1.69. The number of benzene rings is 1. The summed E-state index contributed by atoms with van der Waals surface area (Å²) in [5, 5.41) is 9.51. The molecule has 0 fully saturated rings. The van der Waals surface area contributed by atoms with Crippen LogP contribution in [-0.4, -0.2) is 30.3 Å². The molecular formula is C14H21NO3. The molecule has 0 aromatic heterocycles. The average molecular weight is 251 g/mol. The van der Waals surface area contributed by atoms with E-state index in [1.165, 1.54) is 0 Å². The van der Waals surface area contributed by atoms with E-state index < -0.39 is 0 Å². The minimum Gasteiger partial charge on any atom is -0.508 e. The molecule has 0 aliphatic rings. The zero-order valence-electron chi connectivity index (χ0n) is 11.4. The Hall–Kier alpha value is -1.55. The Bertz CT molecular complexity index is 416. The number of phenols is 1. The van der Waals surface area contributed by atoms with Gasteiger partial charge in [0.25, 0.3) is 5.91 Å². The van der Waals surface area contributed by atoms with Crippen LogP contribution in [0.3, 0.4) is 0 Å². The second-order valence-electron chi connectivity index (χ2n) is 4.47. The highest BCUT2D eigenvalue weighted by Crippen LogP contribution is 2.25. The zero-order valence-corrected chi connectivity index (χ0v) is 11.4. The molecule has 1 aromatic carbocycles. The Morgan fingerprint density at radius 3 is 2.67 bits per heavy atom. The van der Waals surface area contributed by atoms with E-state index in [1.807, 2.05) is 27.7 Å². The summed E-state index contributed by atoms with van der Waals surface area (Å²) >= 11 is 0. The van der Waals surface area contributed by atoms with Gasteiger partial charge in [0, 0.05) is 12.6 Å². The molecule has 0 unspecified atom stereocenters. The van der Waals surface area contributed by atoms with Crippen LogP contribution >= 0.6 is 0 Å². The molecule has 100 valence electrons.